The van der Waals surface area contributed by atoms with E-state index in [-0.39, 0.29) is 0 Å². The molecule has 0 saturated carbocycles. The molecule has 1 aromatic heterocycles. The molecule has 4 heteroatoms. The van der Waals surface area contributed by atoms with Gasteiger partial charge in [0, 0.05) is 25.9 Å². The van der Waals surface area contributed by atoms with Crippen LogP contribution in [0.5, 0.6) is 0 Å². The summed E-state index contributed by atoms with van der Waals surface area (Å²) in [5.41, 5.74) is 1.07. The van der Waals surface area contributed by atoms with E-state index in [2.05, 4.69) is 17.3 Å². The van der Waals surface area contributed by atoms with Crippen LogP contribution in [-0.4, -0.2) is 28.5 Å². The first kappa shape index (κ1) is 9.52. The molecular formula is C10H17N3O. The highest BCUT2D eigenvalue weighted by atomic mass is 16.5. The maximum Gasteiger partial charge on any atom is 0.0774 e. The summed E-state index contributed by atoms with van der Waals surface area (Å²) in [5, 5.41) is 7.51. The molecule has 2 rings (SSSR count). The summed E-state index contributed by atoms with van der Waals surface area (Å²) < 4.78 is 7.40. The number of hydrogen-bond acceptors (Lipinski definition) is 3. The lowest BCUT2D eigenvalue weighted by Gasteiger charge is -2.19. The van der Waals surface area contributed by atoms with Gasteiger partial charge < -0.3 is 10.1 Å². The van der Waals surface area contributed by atoms with Crippen LogP contribution in [0.25, 0.3) is 0 Å². The van der Waals surface area contributed by atoms with Gasteiger partial charge in [-0.3, -0.25) is 4.68 Å². The molecule has 0 amide bonds. The number of aromatic nitrogens is 2. The fourth-order valence-corrected chi connectivity index (χ4v) is 1.85. The average molecular weight is 195 g/mol. The molecule has 0 radical (unpaired) electrons. The first-order chi connectivity index (χ1) is 6.75. The van der Waals surface area contributed by atoms with E-state index in [9.17, 15) is 0 Å². The van der Waals surface area contributed by atoms with Crippen molar-refractivity contribution in [3.05, 3.63) is 12.4 Å². The molecule has 1 aliphatic heterocycles. The van der Waals surface area contributed by atoms with E-state index in [4.69, 9.17) is 4.74 Å². The van der Waals surface area contributed by atoms with Gasteiger partial charge in [-0.25, -0.2) is 0 Å². The van der Waals surface area contributed by atoms with Crippen LogP contribution in [0.3, 0.4) is 0 Å². The van der Waals surface area contributed by atoms with Gasteiger partial charge in [0.25, 0.3) is 0 Å². The van der Waals surface area contributed by atoms with Crippen molar-refractivity contribution >= 4 is 5.69 Å². The van der Waals surface area contributed by atoms with Crippen LogP contribution in [0.4, 0.5) is 5.69 Å². The number of ether oxygens (including phenoxy) is 1. The van der Waals surface area contributed by atoms with E-state index < -0.39 is 0 Å². The molecule has 1 aromatic rings. The fourth-order valence-electron chi connectivity index (χ4n) is 1.85. The predicted octanol–water partition coefficient (Wildman–Crippen LogP) is 1.40. The predicted molar refractivity (Wildman–Crippen MR) is 55.3 cm³/mol. The molecule has 2 heterocycles. The number of nitrogens with zero attached hydrogens (tertiary/aromatic N) is 2. The minimum Gasteiger partial charge on any atom is -0.377 e. The van der Waals surface area contributed by atoms with Crippen molar-refractivity contribution in [2.45, 2.75) is 31.9 Å². The van der Waals surface area contributed by atoms with Crippen molar-refractivity contribution in [1.82, 2.24) is 9.78 Å². The van der Waals surface area contributed by atoms with E-state index >= 15 is 0 Å². The molecule has 1 saturated heterocycles. The van der Waals surface area contributed by atoms with E-state index in [1.54, 1.807) is 4.68 Å². The highest BCUT2D eigenvalue weighted by Crippen LogP contribution is 2.18. The molecule has 4 nitrogen and oxygen atoms in total. The summed E-state index contributed by atoms with van der Waals surface area (Å²) in [6, 6.07) is 0.363. The Kier molecular flexibility index (Phi) is 2.72. The zero-order valence-electron chi connectivity index (χ0n) is 8.73. The lowest BCUT2D eigenvalue weighted by Crippen LogP contribution is -2.29. The van der Waals surface area contributed by atoms with Gasteiger partial charge in [0.15, 0.2) is 0 Å². The van der Waals surface area contributed by atoms with E-state index in [0.717, 1.165) is 18.7 Å². The standard InChI is InChI=1S/C10H17N3O/c1-8(10-4-3-5-14-10)12-9-6-11-13(2)7-9/h6-8,10,12H,3-5H2,1-2H3. The van der Waals surface area contributed by atoms with Crippen LogP contribution in [0.15, 0.2) is 12.4 Å². The number of nitrogens with one attached hydrogen (secondary N) is 1. The van der Waals surface area contributed by atoms with E-state index in [1.807, 2.05) is 19.4 Å². The smallest absolute Gasteiger partial charge is 0.0774 e. The Bertz CT molecular complexity index is 291. The Labute approximate surface area is 84.3 Å². The molecule has 78 valence electrons. The topological polar surface area (TPSA) is 39.1 Å². The van der Waals surface area contributed by atoms with E-state index in [1.165, 1.54) is 6.42 Å². The normalized spacial score (nSPS) is 23.7. The third-order valence-electron chi connectivity index (χ3n) is 2.62. The second-order valence-corrected chi connectivity index (χ2v) is 3.89. The van der Waals surface area contributed by atoms with Crippen LogP contribution < -0.4 is 5.32 Å². The molecule has 1 N–H and O–H groups in total. The Morgan fingerprint density at radius 2 is 2.57 bits per heavy atom. The van der Waals surface area contributed by atoms with Crippen molar-refractivity contribution in [2.75, 3.05) is 11.9 Å². The summed E-state index contributed by atoms with van der Waals surface area (Å²) >= 11 is 0. The van der Waals surface area contributed by atoms with Crippen LogP contribution in [-0.2, 0) is 11.8 Å². The second-order valence-electron chi connectivity index (χ2n) is 3.89. The molecule has 1 fully saturated rings. The monoisotopic (exact) mass is 195 g/mol. The van der Waals surface area contributed by atoms with Gasteiger partial charge in [-0.1, -0.05) is 0 Å². The fraction of sp³-hybridized carbons (Fsp3) is 0.700. The summed E-state index contributed by atoms with van der Waals surface area (Å²) in [4.78, 5) is 0. The maximum absolute atomic E-state index is 5.60. The first-order valence-corrected chi connectivity index (χ1v) is 5.12. The number of aryl methyl sites for hydroxylation is 1. The molecule has 0 spiro atoms. The Hall–Kier alpha value is -1.03. The van der Waals surface area contributed by atoms with Crippen molar-refractivity contribution in [2.24, 2.45) is 7.05 Å². The molecular weight excluding hydrogens is 178 g/mol. The first-order valence-electron chi connectivity index (χ1n) is 5.12. The van der Waals surface area contributed by atoms with Crippen LogP contribution in [0.2, 0.25) is 0 Å². The van der Waals surface area contributed by atoms with Gasteiger partial charge in [-0.05, 0) is 19.8 Å². The highest BCUT2D eigenvalue weighted by molar-refractivity contribution is 5.39. The van der Waals surface area contributed by atoms with Gasteiger partial charge in [0.1, 0.15) is 0 Å². The minimum absolute atomic E-state index is 0.357. The average Bonchev–Trinajstić information content (AvgIpc) is 2.75. The van der Waals surface area contributed by atoms with Gasteiger partial charge in [0.05, 0.1) is 18.0 Å². The lowest BCUT2D eigenvalue weighted by molar-refractivity contribution is 0.0996. The zero-order valence-corrected chi connectivity index (χ0v) is 8.73. The summed E-state index contributed by atoms with van der Waals surface area (Å²) in [7, 11) is 1.92. The third kappa shape index (κ3) is 2.07. The maximum atomic E-state index is 5.60. The number of hydrogen-bond donors (Lipinski definition) is 1. The Balaban J connectivity index is 1.90. The lowest BCUT2D eigenvalue weighted by atomic mass is 10.1. The summed E-state index contributed by atoms with van der Waals surface area (Å²) in [5.74, 6) is 0. The second kappa shape index (κ2) is 4.00. The highest BCUT2D eigenvalue weighted by Gasteiger charge is 2.22. The van der Waals surface area contributed by atoms with Gasteiger partial charge in [-0.2, -0.15) is 5.10 Å². The minimum atomic E-state index is 0.357. The SMILES string of the molecule is CC(Nc1cnn(C)c1)C1CCCO1. The van der Waals surface area contributed by atoms with Crippen molar-refractivity contribution in [3.63, 3.8) is 0 Å². The third-order valence-corrected chi connectivity index (χ3v) is 2.62. The summed E-state index contributed by atoms with van der Waals surface area (Å²) in [6.45, 7) is 3.06. The quantitative estimate of drug-likeness (QED) is 0.792. The molecule has 2 atom stereocenters. The van der Waals surface area contributed by atoms with Crippen LogP contribution >= 0.6 is 0 Å². The molecule has 0 aromatic carbocycles. The molecule has 2 unspecified atom stereocenters. The van der Waals surface area contributed by atoms with Gasteiger partial charge >= 0.3 is 0 Å². The molecule has 1 aliphatic rings. The van der Waals surface area contributed by atoms with Gasteiger partial charge in [-0.15, -0.1) is 0 Å². The summed E-state index contributed by atoms with van der Waals surface area (Å²) in [6.07, 6.45) is 6.52. The Morgan fingerprint density at radius 1 is 1.71 bits per heavy atom. The van der Waals surface area contributed by atoms with E-state index in [0.29, 0.717) is 12.1 Å². The molecule has 14 heavy (non-hydrogen) atoms. The van der Waals surface area contributed by atoms with Crippen LogP contribution in [0, 0.1) is 0 Å². The molecule has 0 bridgehead atoms. The van der Waals surface area contributed by atoms with Crippen molar-refractivity contribution in [1.29, 1.82) is 0 Å². The van der Waals surface area contributed by atoms with Gasteiger partial charge in [0.2, 0.25) is 0 Å². The van der Waals surface area contributed by atoms with Crippen molar-refractivity contribution < 1.29 is 4.74 Å². The number of anilines is 1. The van der Waals surface area contributed by atoms with Crippen LogP contribution in [0.1, 0.15) is 19.8 Å². The zero-order chi connectivity index (χ0) is 9.97. The Morgan fingerprint density at radius 3 is 3.14 bits per heavy atom. The largest absolute Gasteiger partial charge is 0.377 e. The van der Waals surface area contributed by atoms with Crippen molar-refractivity contribution in [3.8, 4) is 0 Å². The number of rotatable bonds is 3. The molecule has 0 aliphatic carbocycles.